The molecule has 1 fully saturated rings. The van der Waals surface area contributed by atoms with Crippen molar-refractivity contribution in [2.24, 2.45) is 0 Å². The van der Waals surface area contributed by atoms with E-state index in [1.54, 1.807) is 0 Å². The molecule has 2 N–H and O–H groups in total. The molecule has 0 bridgehead atoms. The van der Waals surface area contributed by atoms with Gasteiger partial charge in [0.2, 0.25) is 6.79 Å². The molecule has 2 heterocycles. The number of aliphatic hydroxyl groups is 1. The lowest BCUT2D eigenvalue weighted by Crippen LogP contribution is -2.45. The molecule has 0 aromatic heterocycles. The highest BCUT2D eigenvalue weighted by molar-refractivity contribution is 5.85. The number of ether oxygens (including phenoxy) is 2. The van der Waals surface area contributed by atoms with Crippen LogP contribution < -0.4 is 14.8 Å². The Morgan fingerprint density at radius 1 is 1.20 bits per heavy atom. The maximum absolute atomic E-state index is 9.32. The number of nitrogens with one attached hydrogen (secondary N) is 1. The van der Waals surface area contributed by atoms with Crippen molar-refractivity contribution in [3.63, 3.8) is 0 Å². The van der Waals surface area contributed by atoms with Crippen molar-refractivity contribution in [1.29, 1.82) is 0 Å². The van der Waals surface area contributed by atoms with Gasteiger partial charge in [-0.1, -0.05) is 6.07 Å². The molecule has 6 heteroatoms. The maximum atomic E-state index is 9.32. The van der Waals surface area contributed by atoms with Gasteiger partial charge in [0.1, 0.15) is 0 Å². The monoisotopic (exact) mass is 300 g/mol. The van der Waals surface area contributed by atoms with Crippen LogP contribution in [0.15, 0.2) is 18.2 Å². The fraction of sp³-hybridized carbons (Fsp3) is 0.571. The summed E-state index contributed by atoms with van der Waals surface area (Å²) < 4.78 is 10.8. The summed E-state index contributed by atoms with van der Waals surface area (Å²) in [5, 5.41) is 12.7. The van der Waals surface area contributed by atoms with Crippen LogP contribution in [-0.2, 0) is 0 Å². The van der Waals surface area contributed by atoms with Crippen LogP contribution >= 0.6 is 12.4 Å². The zero-order valence-corrected chi connectivity index (χ0v) is 12.2. The topological polar surface area (TPSA) is 54.0 Å². The minimum Gasteiger partial charge on any atom is -0.454 e. The molecule has 0 spiro atoms. The Bertz CT molecular complexity index is 438. The van der Waals surface area contributed by atoms with Crippen LogP contribution in [-0.4, -0.2) is 49.6 Å². The summed E-state index contributed by atoms with van der Waals surface area (Å²) in [5.74, 6) is 1.63. The molecule has 0 radical (unpaired) electrons. The third kappa shape index (κ3) is 3.17. The summed E-state index contributed by atoms with van der Waals surface area (Å²) in [6.45, 7) is 4.54. The molecule has 0 amide bonds. The zero-order chi connectivity index (χ0) is 13.1. The van der Waals surface area contributed by atoms with E-state index >= 15 is 0 Å². The predicted octanol–water partition coefficient (Wildman–Crippen LogP) is 1.17. The van der Waals surface area contributed by atoms with Gasteiger partial charge in [0.25, 0.3) is 0 Å². The molecule has 1 aromatic rings. The van der Waals surface area contributed by atoms with Gasteiger partial charge in [0.15, 0.2) is 11.5 Å². The predicted molar refractivity (Wildman–Crippen MR) is 78.7 cm³/mol. The van der Waals surface area contributed by atoms with Crippen LogP contribution in [0.4, 0.5) is 0 Å². The third-order valence-electron chi connectivity index (χ3n) is 3.78. The van der Waals surface area contributed by atoms with Crippen LogP contribution in [0, 0.1) is 0 Å². The van der Waals surface area contributed by atoms with E-state index < -0.39 is 0 Å². The number of benzene rings is 1. The van der Waals surface area contributed by atoms with E-state index in [4.69, 9.17) is 9.47 Å². The van der Waals surface area contributed by atoms with E-state index in [0.29, 0.717) is 6.79 Å². The number of hydrogen-bond acceptors (Lipinski definition) is 5. The van der Waals surface area contributed by atoms with Gasteiger partial charge in [-0.2, -0.15) is 0 Å². The van der Waals surface area contributed by atoms with E-state index in [-0.39, 0.29) is 25.1 Å². The van der Waals surface area contributed by atoms with Crippen molar-refractivity contribution < 1.29 is 14.6 Å². The number of aliphatic hydroxyl groups excluding tert-OH is 1. The van der Waals surface area contributed by atoms with Crippen LogP contribution in [0.1, 0.15) is 18.0 Å². The normalized spacial score (nSPS) is 19.4. The highest BCUT2D eigenvalue weighted by Crippen LogP contribution is 2.36. The van der Waals surface area contributed by atoms with Crippen molar-refractivity contribution in [2.45, 2.75) is 12.5 Å². The van der Waals surface area contributed by atoms with Gasteiger partial charge in [-0.05, 0) is 24.1 Å². The van der Waals surface area contributed by atoms with Crippen molar-refractivity contribution >= 4 is 12.4 Å². The first kappa shape index (κ1) is 15.4. The summed E-state index contributed by atoms with van der Waals surface area (Å²) in [6.07, 6.45) is 0.750. The lowest BCUT2D eigenvalue weighted by Gasteiger charge is -2.35. The molecule has 5 nitrogen and oxygen atoms in total. The Hall–Kier alpha value is -1.01. The van der Waals surface area contributed by atoms with E-state index in [9.17, 15) is 5.11 Å². The Morgan fingerprint density at radius 2 is 1.95 bits per heavy atom. The quantitative estimate of drug-likeness (QED) is 0.874. The number of halogens is 1. The average Bonchev–Trinajstić information content (AvgIpc) is 2.93. The average molecular weight is 301 g/mol. The minimum absolute atomic E-state index is 0. The second-order valence-corrected chi connectivity index (χ2v) is 4.93. The Morgan fingerprint density at radius 3 is 2.70 bits per heavy atom. The van der Waals surface area contributed by atoms with Crippen LogP contribution in [0.25, 0.3) is 0 Å². The third-order valence-corrected chi connectivity index (χ3v) is 3.78. The number of nitrogens with zero attached hydrogens (tertiary/aromatic N) is 1. The number of fused-ring (bicyclic) bond motifs is 1. The summed E-state index contributed by atoms with van der Waals surface area (Å²) in [4.78, 5) is 2.42. The second kappa shape index (κ2) is 7.13. The van der Waals surface area contributed by atoms with Gasteiger partial charge >= 0.3 is 0 Å². The second-order valence-electron chi connectivity index (χ2n) is 4.93. The van der Waals surface area contributed by atoms with E-state index in [1.165, 1.54) is 5.56 Å². The molecular weight excluding hydrogens is 280 g/mol. The molecule has 2 aliphatic heterocycles. The summed E-state index contributed by atoms with van der Waals surface area (Å²) in [6, 6.07) is 6.34. The lowest BCUT2D eigenvalue weighted by molar-refractivity contribution is 0.141. The first-order valence-corrected chi connectivity index (χ1v) is 6.83. The fourth-order valence-corrected chi connectivity index (χ4v) is 2.80. The number of hydrogen-bond donors (Lipinski definition) is 2. The van der Waals surface area contributed by atoms with Crippen molar-refractivity contribution in [3.05, 3.63) is 23.8 Å². The molecule has 112 valence electrons. The van der Waals surface area contributed by atoms with Crippen LogP contribution in [0.3, 0.4) is 0 Å². The SMILES string of the molecule is Cl.OCC[C@@H](c1ccc2c(c1)OCO2)N1CCNCC1. The minimum atomic E-state index is 0. The number of piperazine rings is 1. The number of rotatable bonds is 4. The molecule has 2 aliphatic rings. The Kier molecular flexibility index (Phi) is 5.48. The van der Waals surface area contributed by atoms with Crippen LogP contribution in [0.5, 0.6) is 11.5 Å². The first-order valence-electron chi connectivity index (χ1n) is 6.83. The van der Waals surface area contributed by atoms with Crippen molar-refractivity contribution in [1.82, 2.24) is 10.2 Å². The lowest BCUT2D eigenvalue weighted by atomic mass is 10.0. The van der Waals surface area contributed by atoms with Gasteiger partial charge in [-0.15, -0.1) is 12.4 Å². The van der Waals surface area contributed by atoms with Gasteiger partial charge in [-0.25, -0.2) is 0 Å². The largest absolute Gasteiger partial charge is 0.454 e. The van der Waals surface area contributed by atoms with E-state index in [2.05, 4.69) is 16.3 Å². The molecule has 1 aromatic carbocycles. The van der Waals surface area contributed by atoms with Crippen LogP contribution in [0.2, 0.25) is 0 Å². The maximum Gasteiger partial charge on any atom is 0.231 e. The fourth-order valence-electron chi connectivity index (χ4n) is 2.80. The summed E-state index contributed by atoms with van der Waals surface area (Å²) in [7, 11) is 0. The molecule has 0 saturated carbocycles. The molecular formula is C14H21ClN2O3. The van der Waals surface area contributed by atoms with E-state index in [1.807, 2.05) is 12.1 Å². The van der Waals surface area contributed by atoms with Crippen molar-refractivity contribution in [3.8, 4) is 11.5 Å². The standard InChI is InChI=1S/C14H20N2O3.ClH/c17-8-3-12(16-6-4-15-5-7-16)11-1-2-13-14(9-11)19-10-18-13;/h1-2,9,12,15,17H,3-8,10H2;1H/t12-;/m0./s1. The molecule has 20 heavy (non-hydrogen) atoms. The van der Waals surface area contributed by atoms with Crippen molar-refractivity contribution in [2.75, 3.05) is 39.6 Å². The van der Waals surface area contributed by atoms with Gasteiger partial charge < -0.3 is 19.9 Å². The zero-order valence-electron chi connectivity index (χ0n) is 11.4. The Balaban J connectivity index is 0.00000147. The molecule has 3 rings (SSSR count). The highest BCUT2D eigenvalue weighted by Gasteiger charge is 2.24. The molecule has 0 unspecified atom stereocenters. The first-order chi connectivity index (χ1) is 9.38. The molecule has 1 atom stereocenters. The van der Waals surface area contributed by atoms with Gasteiger partial charge in [-0.3, -0.25) is 4.90 Å². The molecule has 0 aliphatic carbocycles. The molecule has 1 saturated heterocycles. The van der Waals surface area contributed by atoms with E-state index in [0.717, 1.165) is 44.1 Å². The summed E-state index contributed by atoms with van der Waals surface area (Å²) in [5.41, 5.74) is 1.19. The highest BCUT2D eigenvalue weighted by atomic mass is 35.5. The smallest absolute Gasteiger partial charge is 0.231 e. The Labute approximate surface area is 125 Å². The van der Waals surface area contributed by atoms with Gasteiger partial charge in [0.05, 0.1) is 0 Å². The summed E-state index contributed by atoms with van der Waals surface area (Å²) >= 11 is 0. The van der Waals surface area contributed by atoms with Gasteiger partial charge in [0, 0.05) is 38.8 Å².